The molecule has 0 saturated carbocycles. The lowest BCUT2D eigenvalue weighted by atomic mass is 10.0. The van der Waals surface area contributed by atoms with Gasteiger partial charge in [0.25, 0.3) is 0 Å². The van der Waals surface area contributed by atoms with E-state index in [0.717, 1.165) is 6.42 Å². The van der Waals surface area contributed by atoms with Gasteiger partial charge >= 0.3 is 7.75 Å². The number of hydrogen-bond acceptors (Lipinski definition) is 3. The number of hydrogen-bond donors (Lipinski definition) is 1. The van der Waals surface area contributed by atoms with Gasteiger partial charge in [-0.1, -0.05) is 20.8 Å². The van der Waals surface area contributed by atoms with Gasteiger partial charge in [-0.2, -0.15) is 0 Å². The zero-order valence-electron chi connectivity index (χ0n) is 10.4. The first-order chi connectivity index (χ1) is 6.99. The van der Waals surface area contributed by atoms with Crippen molar-refractivity contribution in [3.8, 4) is 0 Å². The lowest BCUT2D eigenvalue weighted by molar-refractivity contribution is 0.202. The van der Waals surface area contributed by atoms with Gasteiger partial charge in [-0.05, 0) is 26.2 Å². The van der Waals surface area contributed by atoms with Crippen LogP contribution in [0.4, 0.5) is 0 Å². The van der Waals surface area contributed by atoms with Crippen molar-refractivity contribution < 1.29 is 13.6 Å². The first-order valence-corrected chi connectivity index (χ1v) is 7.20. The monoisotopic (exact) mass is 237 g/mol. The van der Waals surface area contributed by atoms with Crippen LogP contribution in [0, 0.1) is 5.92 Å². The van der Waals surface area contributed by atoms with Crippen molar-refractivity contribution in [2.45, 2.75) is 47.1 Å². The van der Waals surface area contributed by atoms with Crippen LogP contribution < -0.4 is 5.09 Å². The smallest absolute Gasteiger partial charge is 0.297 e. The molecule has 0 aliphatic rings. The summed E-state index contributed by atoms with van der Waals surface area (Å²) in [5.41, 5.74) is 0. The molecule has 0 rings (SSSR count). The lowest BCUT2D eigenvalue weighted by Crippen LogP contribution is -2.32. The van der Waals surface area contributed by atoms with Gasteiger partial charge in [-0.3, -0.25) is 9.05 Å². The normalized spacial score (nSPS) is 14.5. The zero-order valence-corrected chi connectivity index (χ0v) is 11.3. The van der Waals surface area contributed by atoms with Gasteiger partial charge < -0.3 is 0 Å². The van der Waals surface area contributed by atoms with Crippen molar-refractivity contribution in [3.63, 3.8) is 0 Å². The molecule has 0 spiro atoms. The van der Waals surface area contributed by atoms with Gasteiger partial charge in [0.2, 0.25) is 0 Å². The highest BCUT2D eigenvalue weighted by molar-refractivity contribution is 7.51. The molecule has 1 unspecified atom stereocenters. The van der Waals surface area contributed by atoms with E-state index < -0.39 is 7.75 Å². The van der Waals surface area contributed by atoms with Crippen LogP contribution in [0.15, 0.2) is 0 Å². The van der Waals surface area contributed by atoms with Gasteiger partial charge in [0.15, 0.2) is 0 Å². The molecule has 0 aromatic carbocycles. The minimum absolute atomic E-state index is 0.161. The molecule has 0 saturated heterocycles. The largest absolute Gasteiger partial charge is 0.405 e. The van der Waals surface area contributed by atoms with Crippen molar-refractivity contribution >= 4 is 7.75 Å². The molecule has 92 valence electrons. The van der Waals surface area contributed by atoms with Gasteiger partial charge in [-0.25, -0.2) is 9.65 Å². The second kappa shape index (κ2) is 7.39. The molecule has 5 heteroatoms. The highest BCUT2D eigenvalue weighted by atomic mass is 31.2. The standard InChI is InChI=1S/C10H24NO3P/c1-6-10(9(4)5)11-15(12,13-7-2)14-8-3/h9-10H,6-8H2,1-5H3,(H,11,12). The summed E-state index contributed by atoms with van der Waals surface area (Å²) >= 11 is 0. The Bertz CT molecular complexity index is 199. The minimum atomic E-state index is -3.10. The molecule has 1 N–H and O–H groups in total. The van der Waals surface area contributed by atoms with Crippen LogP contribution in [-0.2, 0) is 13.6 Å². The summed E-state index contributed by atoms with van der Waals surface area (Å²) in [6.07, 6.45) is 0.905. The van der Waals surface area contributed by atoms with Crippen molar-refractivity contribution in [1.82, 2.24) is 5.09 Å². The molecule has 0 radical (unpaired) electrons. The predicted octanol–water partition coefficient (Wildman–Crippen LogP) is 3.19. The molecule has 0 heterocycles. The summed E-state index contributed by atoms with van der Waals surface area (Å²) in [4.78, 5) is 0. The van der Waals surface area contributed by atoms with E-state index in [4.69, 9.17) is 9.05 Å². The third-order valence-corrected chi connectivity index (χ3v) is 4.01. The van der Waals surface area contributed by atoms with E-state index >= 15 is 0 Å². The van der Waals surface area contributed by atoms with E-state index in [0.29, 0.717) is 19.1 Å². The fraction of sp³-hybridized carbons (Fsp3) is 1.00. The van der Waals surface area contributed by atoms with E-state index in [1.807, 2.05) is 13.8 Å². The van der Waals surface area contributed by atoms with Crippen LogP contribution in [0.1, 0.15) is 41.0 Å². The highest BCUT2D eigenvalue weighted by Gasteiger charge is 2.27. The Labute approximate surface area is 93.3 Å². The Morgan fingerprint density at radius 3 is 1.87 bits per heavy atom. The zero-order chi connectivity index (χ0) is 11.9. The molecule has 4 nitrogen and oxygen atoms in total. The van der Waals surface area contributed by atoms with Crippen molar-refractivity contribution in [2.75, 3.05) is 13.2 Å². The summed E-state index contributed by atoms with van der Waals surface area (Å²) in [6.45, 7) is 10.6. The first kappa shape index (κ1) is 15.1. The molecule has 0 bridgehead atoms. The van der Waals surface area contributed by atoms with Gasteiger partial charge in [0.1, 0.15) is 0 Å². The Morgan fingerprint density at radius 2 is 1.60 bits per heavy atom. The maximum atomic E-state index is 12.1. The summed E-state index contributed by atoms with van der Waals surface area (Å²) in [6, 6.07) is 0.161. The van der Waals surface area contributed by atoms with E-state index in [2.05, 4.69) is 25.9 Å². The van der Waals surface area contributed by atoms with Crippen LogP contribution >= 0.6 is 7.75 Å². The number of nitrogens with one attached hydrogen (secondary N) is 1. The maximum Gasteiger partial charge on any atom is 0.405 e. The molecule has 0 aromatic heterocycles. The van der Waals surface area contributed by atoms with Crippen LogP contribution in [0.2, 0.25) is 0 Å². The fourth-order valence-corrected chi connectivity index (χ4v) is 3.16. The van der Waals surface area contributed by atoms with Crippen LogP contribution in [-0.4, -0.2) is 19.3 Å². The van der Waals surface area contributed by atoms with E-state index in [1.165, 1.54) is 0 Å². The lowest BCUT2D eigenvalue weighted by Gasteiger charge is -2.26. The van der Waals surface area contributed by atoms with Crippen LogP contribution in [0.5, 0.6) is 0 Å². The quantitative estimate of drug-likeness (QED) is 0.658. The molecular formula is C10H24NO3P. The molecule has 0 aromatic rings. The third kappa shape index (κ3) is 5.67. The molecule has 15 heavy (non-hydrogen) atoms. The minimum Gasteiger partial charge on any atom is -0.297 e. The van der Waals surface area contributed by atoms with E-state index in [9.17, 15) is 4.57 Å². The molecule has 0 aliphatic heterocycles. The molecule has 0 aliphatic carbocycles. The van der Waals surface area contributed by atoms with Gasteiger partial charge in [0, 0.05) is 6.04 Å². The van der Waals surface area contributed by atoms with Crippen LogP contribution in [0.3, 0.4) is 0 Å². The Morgan fingerprint density at radius 1 is 1.13 bits per heavy atom. The summed E-state index contributed by atoms with van der Waals surface area (Å²) in [5, 5.41) is 2.99. The first-order valence-electron chi connectivity index (χ1n) is 5.65. The van der Waals surface area contributed by atoms with Gasteiger partial charge in [-0.15, -0.1) is 0 Å². The van der Waals surface area contributed by atoms with E-state index in [1.54, 1.807) is 0 Å². The van der Waals surface area contributed by atoms with E-state index in [-0.39, 0.29) is 6.04 Å². The van der Waals surface area contributed by atoms with Crippen molar-refractivity contribution in [2.24, 2.45) is 5.92 Å². The Hall–Kier alpha value is 0.110. The Kier molecular flexibility index (Phi) is 7.45. The second-order valence-electron chi connectivity index (χ2n) is 3.72. The number of rotatable bonds is 8. The fourth-order valence-electron chi connectivity index (χ4n) is 1.37. The summed E-state index contributed by atoms with van der Waals surface area (Å²) in [7, 11) is -3.10. The third-order valence-electron chi connectivity index (χ3n) is 2.17. The van der Waals surface area contributed by atoms with Crippen LogP contribution in [0.25, 0.3) is 0 Å². The molecule has 1 atom stereocenters. The van der Waals surface area contributed by atoms with Crippen molar-refractivity contribution in [1.29, 1.82) is 0 Å². The average molecular weight is 237 g/mol. The second-order valence-corrected chi connectivity index (χ2v) is 5.49. The maximum absolute atomic E-state index is 12.1. The highest BCUT2D eigenvalue weighted by Crippen LogP contribution is 2.44. The SMILES string of the molecule is CCOP(=O)(NC(CC)C(C)C)OCC. The predicted molar refractivity (Wildman–Crippen MR) is 62.9 cm³/mol. The summed E-state index contributed by atoms with van der Waals surface area (Å²) < 4.78 is 22.5. The average Bonchev–Trinajstić information content (AvgIpc) is 2.14. The molecule has 0 fully saturated rings. The Balaban J connectivity index is 4.43. The topological polar surface area (TPSA) is 47.6 Å². The molecule has 0 amide bonds. The summed E-state index contributed by atoms with van der Waals surface area (Å²) in [5.74, 6) is 0.407. The van der Waals surface area contributed by atoms with Gasteiger partial charge in [0.05, 0.1) is 13.2 Å². The molecular weight excluding hydrogens is 213 g/mol. The van der Waals surface area contributed by atoms with Crippen molar-refractivity contribution in [3.05, 3.63) is 0 Å².